The Kier molecular flexibility index (Phi) is 1.27. The van der Waals surface area contributed by atoms with Gasteiger partial charge in [-0.2, -0.15) is 0 Å². The number of terminal acetylenes is 1. The normalized spacial score (nSPS) is 25.0. The highest BCUT2D eigenvalue weighted by Gasteiger charge is 2.30. The van der Waals surface area contributed by atoms with Crippen LogP contribution in [-0.2, 0) is 5.11 Å². The lowest BCUT2D eigenvalue weighted by Gasteiger charge is -2.07. The van der Waals surface area contributed by atoms with Gasteiger partial charge in [0.25, 0.3) is 0 Å². The highest BCUT2D eigenvalue weighted by molar-refractivity contribution is 5.08. The summed E-state index contributed by atoms with van der Waals surface area (Å²) in [7, 11) is 0. The number of hydrogen-bond donors (Lipinski definition) is 0. The van der Waals surface area contributed by atoms with E-state index >= 15 is 0 Å². The average molecular weight is 109 g/mol. The minimum atomic E-state index is -0.986. The Hall–Kier alpha value is -0.480. The van der Waals surface area contributed by atoms with Crippen molar-refractivity contribution in [3.63, 3.8) is 0 Å². The van der Waals surface area contributed by atoms with Gasteiger partial charge in [-0.1, -0.05) is 5.92 Å². The van der Waals surface area contributed by atoms with E-state index in [1.54, 1.807) is 0 Å². The fraction of sp³-hybridized carbons (Fsp3) is 0.714. The van der Waals surface area contributed by atoms with Crippen molar-refractivity contribution in [3.05, 3.63) is 0 Å². The molecule has 1 nitrogen and oxygen atoms in total. The zero-order valence-electron chi connectivity index (χ0n) is 4.81. The molecule has 1 fully saturated rings. The quantitative estimate of drug-likeness (QED) is 0.418. The first-order chi connectivity index (χ1) is 3.77. The molecule has 0 heterocycles. The van der Waals surface area contributed by atoms with E-state index in [1.807, 2.05) is 0 Å². The minimum Gasteiger partial charge on any atom is -0.215 e. The Morgan fingerprint density at radius 1 is 1.38 bits per heavy atom. The summed E-state index contributed by atoms with van der Waals surface area (Å²) in [5.74, 6) is 2.28. The van der Waals surface area contributed by atoms with Crippen LogP contribution in [0, 0.1) is 12.3 Å². The number of hydrogen-bond acceptors (Lipinski definition) is 0. The maximum absolute atomic E-state index is 11.0. The van der Waals surface area contributed by atoms with E-state index in [-0.39, 0.29) is 0 Å². The van der Waals surface area contributed by atoms with Gasteiger partial charge in [-0.25, -0.2) is 5.11 Å². The lowest BCUT2D eigenvalue weighted by molar-refractivity contribution is 0.0303. The Morgan fingerprint density at radius 3 is 2.12 bits per heavy atom. The van der Waals surface area contributed by atoms with Crippen LogP contribution in [0.5, 0.6) is 0 Å². The van der Waals surface area contributed by atoms with Crippen molar-refractivity contribution in [1.29, 1.82) is 0 Å². The molecule has 0 aromatic rings. The molecule has 8 heavy (non-hydrogen) atoms. The molecule has 0 saturated heterocycles. The Labute approximate surface area is 49.7 Å². The minimum absolute atomic E-state index is 0.684. The van der Waals surface area contributed by atoms with E-state index in [4.69, 9.17) is 6.42 Å². The maximum Gasteiger partial charge on any atom is 0.163 e. The van der Waals surface area contributed by atoms with Crippen molar-refractivity contribution < 1.29 is 5.11 Å². The van der Waals surface area contributed by atoms with E-state index in [1.165, 1.54) is 0 Å². The SMILES string of the molecule is C#CC1([O])CCCC1. The van der Waals surface area contributed by atoms with Crippen LogP contribution in [0.15, 0.2) is 0 Å². The summed E-state index contributed by atoms with van der Waals surface area (Å²) in [6.45, 7) is 0. The van der Waals surface area contributed by atoms with E-state index in [0.29, 0.717) is 12.8 Å². The monoisotopic (exact) mass is 109 g/mol. The molecule has 1 aliphatic rings. The second-order valence-corrected chi connectivity index (χ2v) is 2.35. The van der Waals surface area contributed by atoms with Crippen molar-refractivity contribution in [2.45, 2.75) is 31.3 Å². The fourth-order valence-corrected chi connectivity index (χ4v) is 1.09. The highest BCUT2D eigenvalue weighted by Crippen LogP contribution is 2.28. The van der Waals surface area contributed by atoms with Crippen LogP contribution in [0.1, 0.15) is 25.7 Å². The first-order valence-electron chi connectivity index (χ1n) is 2.95. The largest absolute Gasteiger partial charge is 0.215 e. The lowest BCUT2D eigenvalue weighted by Crippen LogP contribution is -2.17. The molecule has 1 rings (SSSR count). The van der Waals surface area contributed by atoms with Crippen LogP contribution in [0.4, 0.5) is 0 Å². The molecule has 0 amide bonds. The third kappa shape index (κ3) is 0.850. The van der Waals surface area contributed by atoms with Crippen molar-refractivity contribution in [3.8, 4) is 12.3 Å². The van der Waals surface area contributed by atoms with Gasteiger partial charge < -0.3 is 0 Å². The second-order valence-electron chi connectivity index (χ2n) is 2.35. The zero-order chi connectivity index (χ0) is 6.04. The van der Waals surface area contributed by atoms with E-state index in [9.17, 15) is 5.11 Å². The van der Waals surface area contributed by atoms with Crippen molar-refractivity contribution >= 4 is 0 Å². The van der Waals surface area contributed by atoms with Crippen LogP contribution >= 0.6 is 0 Å². The third-order valence-corrected chi connectivity index (χ3v) is 1.67. The van der Waals surface area contributed by atoms with Gasteiger partial charge >= 0.3 is 0 Å². The highest BCUT2D eigenvalue weighted by atomic mass is 16.3. The molecule has 1 saturated carbocycles. The molecule has 0 atom stereocenters. The van der Waals surface area contributed by atoms with E-state index in [0.717, 1.165) is 12.8 Å². The summed E-state index contributed by atoms with van der Waals surface area (Å²) < 4.78 is 0. The Balaban J connectivity index is 2.56. The van der Waals surface area contributed by atoms with Crippen LogP contribution in [0.25, 0.3) is 0 Å². The Bertz CT molecular complexity index is 115. The van der Waals surface area contributed by atoms with Crippen molar-refractivity contribution in [1.82, 2.24) is 0 Å². The first kappa shape index (κ1) is 5.65. The van der Waals surface area contributed by atoms with Gasteiger partial charge in [0.15, 0.2) is 5.60 Å². The molecule has 0 N–H and O–H groups in total. The molecule has 1 heteroatoms. The second kappa shape index (κ2) is 1.80. The van der Waals surface area contributed by atoms with Crippen LogP contribution < -0.4 is 0 Å². The van der Waals surface area contributed by atoms with Gasteiger partial charge in [-0.15, -0.1) is 6.42 Å². The molecular formula is C7H9O. The topological polar surface area (TPSA) is 19.9 Å². The summed E-state index contributed by atoms with van der Waals surface area (Å²) in [5.41, 5.74) is -0.986. The molecule has 0 aromatic carbocycles. The van der Waals surface area contributed by atoms with Crippen molar-refractivity contribution in [2.24, 2.45) is 0 Å². The smallest absolute Gasteiger partial charge is 0.163 e. The standard InChI is InChI=1S/C7H9O/c1-2-7(8)5-3-4-6-7/h1H,3-6H2. The summed E-state index contributed by atoms with van der Waals surface area (Å²) >= 11 is 0. The molecule has 0 unspecified atom stereocenters. The third-order valence-electron chi connectivity index (χ3n) is 1.67. The van der Waals surface area contributed by atoms with Gasteiger partial charge in [0.1, 0.15) is 0 Å². The molecule has 0 bridgehead atoms. The lowest BCUT2D eigenvalue weighted by atomic mass is 10.1. The summed E-state index contributed by atoms with van der Waals surface area (Å²) in [5, 5.41) is 11.0. The van der Waals surface area contributed by atoms with Gasteiger partial charge in [-0.05, 0) is 25.7 Å². The summed E-state index contributed by atoms with van der Waals surface area (Å²) in [6, 6.07) is 0. The average Bonchev–Trinajstić information content (AvgIpc) is 2.17. The van der Waals surface area contributed by atoms with Crippen molar-refractivity contribution in [2.75, 3.05) is 0 Å². The number of rotatable bonds is 0. The van der Waals surface area contributed by atoms with Crippen LogP contribution in [0.2, 0.25) is 0 Å². The summed E-state index contributed by atoms with van der Waals surface area (Å²) in [4.78, 5) is 0. The molecule has 43 valence electrons. The summed E-state index contributed by atoms with van der Waals surface area (Å²) in [6.07, 6.45) is 8.42. The van der Waals surface area contributed by atoms with Crippen LogP contribution in [-0.4, -0.2) is 5.60 Å². The Morgan fingerprint density at radius 2 is 1.88 bits per heavy atom. The van der Waals surface area contributed by atoms with E-state index in [2.05, 4.69) is 5.92 Å². The molecule has 0 aliphatic heterocycles. The van der Waals surface area contributed by atoms with Gasteiger partial charge in [0, 0.05) is 0 Å². The predicted molar refractivity (Wildman–Crippen MR) is 30.7 cm³/mol. The molecular weight excluding hydrogens is 100 g/mol. The van der Waals surface area contributed by atoms with E-state index < -0.39 is 5.60 Å². The van der Waals surface area contributed by atoms with Gasteiger partial charge in [0.05, 0.1) is 0 Å². The molecule has 1 radical (unpaired) electrons. The molecule has 0 aromatic heterocycles. The van der Waals surface area contributed by atoms with Crippen LogP contribution in [0.3, 0.4) is 0 Å². The van der Waals surface area contributed by atoms with Gasteiger partial charge in [0.2, 0.25) is 0 Å². The molecule has 0 spiro atoms. The van der Waals surface area contributed by atoms with Gasteiger partial charge in [-0.3, -0.25) is 0 Å². The zero-order valence-corrected chi connectivity index (χ0v) is 4.81. The fourth-order valence-electron chi connectivity index (χ4n) is 1.09. The first-order valence-corrected chi connectivity index (χ1v) is 2.95. The maximum atomic E-state index is 11.0. The predicted octanol–water partition coefficient (Wildman–Crippen LogP) is 1.36. The molecule has 1 aliphatic carbocycles.